The van der Waals surface area contributed by atoms with E-state index in [2.05, 4.69) is 11.2 Å². The van der Waals surface area contributed by atoms with Crippen LogP contribution in [-0.2, 0) is 21.2 Å². The highest BCUT2D eigenvalue weighted by atomic mass is 19.4. The SMILES string of the molecule is C#C[C@@H]1C[C@@]2(CN1C(=O)[C@H](CC(C)(C)F)n1c(C(N)=O)cc3cccc(C(F)(F)F)c31)C(=O)Nc1ccccc12. The van der Waals surface area contributed by atoms with Gasteiger partial charge in [0.15, 0.2) is 0 Å². The monoisotopic (exact) mass is 554 g/mol. The molecule has 208 valence electrons. The van der Waals surface area contributed by atoms with E-state index in [1.54, 1.807) is 24.3 Å². The number of carbonyl (C=O) groups is 3. The van der Waals surface area contributed by atoms with Crippen LogP contribution in [0, 0.1) is 12.3 Å². The lowest BCUT2D eigenvalue weighted by atomic mass is 9.79. The van der Waals surface area contributed by atoms with Crippen molar-refractivity contribution in [1.82, 2.24) is 9.47 Å². The first-order valence-electron chi connectivity index (χ1n) is 12.6. The number of benzene rings is 2. The zero-order chi connectivity index (χ0) is 29.2. The predicted octanol–water partition coefficient (Wildman–Crippen LogP) is 4.56. The minimum atomic E-state index is -4.85. The third kappa shape index (κ3) is 4.28. The van der Waals surface area contributed by atoms with Crippen molar-refractivity contribution in [3.05, 3.63) is 65.4 Å². The van der Waals surface area contributed by atoms with Crippen molar-refractivity contribution in [3.63, 3.8) is 0 Å². The normalized spacial score (nSPS) is 21.4. The van der Waals surface area contributed by atoms with Crippen LogP contribution in [0.1, 0.15) is 54.3 Å². The molecule has 0 unspecified atom stereocenters. The summed E-state index contributed by atoms with van der Waals surface area (Å²) in [4.78, 5) is 41.2. The Balaban J connectivity index is 1.69. The molecule has 2 aromatic carbocycles. The van der Waals surface area contributed by atoms with E-state index in [9.17, 15) is 27.6 Å². The molecule has 2 aliphatic rings. The first-order valence-corrected chi connectivity index (χ1v) is 12.6. The van der Waals surface area contributed by atoms with Gasteiger partial charge in [0, 0.05) is 24.0 Å². The largest absolute Gasteiger partial charge is 0.418 e. The van der Waals surface area contributed by atoms with E-state index < -0.39 is 58.7 Å². The Hall–Kier alpha value is -4.33. The molecule has 2 aliphatic heterocycles. The maximum atomic E-state index is 15.3. The molecule has 1 fully saturated rings. The third-order valence-electron chi connectivity index (χ3n) is 7.65. The molecule has 7 nitrogen and oxygen atoms in total. The van der Waals surface area contributed by atoms with Gasteiger partial charge in [-0.15, -0.1) is 6.42 Å². The van der Waals surface area contributed by atoms with Crippen LogP contribution in [0.15, 0.2) is 48.5 Å². The third-order valence-corrected chi connectivity index (χ3v) is 7.65. The lowest BCUT2D eigenvalue weighted by Crippen LogP contribution is -2.44. The molecule has 5 rings (SSSR count). The van der Waals surface area contributed by atoms with Crippen LogP contribution in [0.25, 0.3) is 10.9 Å². The number of terminal acetylenes is 1. The van der Waals surface area contributed by atoms with Gasteiger partial charge in [0.1, 0.15) is 17.4 Å². The average Bonchev–Trinajstić information content (AvgIpc) is 3.53. The molecule has 1 aromatic heterocycles. The number of primary amides is 1. The van der Waals surface area contributed by atoms with Gasteiger partial charge in [0.25, 0.3) is 5.91 Å². The minimum Gasteiger partial charge on any atom is -0.364 e. The summed E-state index contributed by atoms with van der Waals surface area (Å²) in [5.74, 6) is 0.247. The average molecular weight is 555 g/mol. The van der Waals surface area contributed by atoms with E-state index in [-0.39, 0.29) is 30.0 Å². The van der Waals surface area contributed by atoms with E-state index in [1.165, 1.54) is 30.9 Å². The number of nitrogens with one attached hydrogen (secondary N) is 1. The molecule has 3 amide bonds. The number of para-hydroxylation sites is 2. The number of hydrogen-bond acceptors (Lipinski definition) is 3. The summed E-state index contributed by atoms with van der Waals surface area (Å²) in [5, 5.41) is 2.81. The second-order valence-electron chi connectivity index (χ2n) is 10.9. The molecule has 0 aliphatic carbocycles. The van der Waals surface area contributed by atoms with Crippen LogP contribution in [0.2, 0.25) is 0 Å². The Labute approximate surface area is 227 Å². The zero-order valence-corrected chi connectivity index (χ0v) is 21.7. The van der Waals surface area contributed by atoms with Crippen LogP contribution >= 0.6 is 0 Å². The van der Waals surface area contributed by atoms with Gasteiger partial charge in [-0.1, -0.05) is 36.3 Å². The van der Waals surface area contributed by atoms with Crippen molar-refractivity contribution in [2.45, 2.75) is 56.0 Å². The van der Waals surface area contributed by atoms with Crippen molar-refractivity contribution >= 4 is 34.3 Å². The summed E-state index contributed by atoms with van der Waals surface area (Å²) in [5.41, 5.74) is 1.56. The van der Waals surface area contributed by atoms with Gasteiger partial charge in [0.2, 0.25) is 11.8 Å². The maximum Gasteiger partial charge on any atom is 0.418 e. The number of nitrogens with two attached hydrogens (primary N) is 1. The molecule has 40 heavy (non-hydrogen) atoms. The first-order chi connectivity index (χ1) is 18.7. The molecule has 1 spiro atoms. The van der Waals surface area contributed by atoms with E-state index >= 15 is 4.39 Å². The molecule has 0 saturated carbocycles. The number of aromatic nitrogens is 1. The molecule has 3 atom stereocenters. The standard InChI is InChI=1S/C29H26F4N4O3/c1-4-17-13-28(18-9-5-6-11-20(18)35-26(28)40)15-36(17)25(39)22(14-27(2,3)30)37-21(24(34)38)12-16-8-7-10-19(23(16)37)29(31,32)33/h1,5-12,17,22H,13-15H2,2-3H3,(H2,34,38)(H,35,40)/t17-,22+,28+/m1/s1. The van der Waals surface area contributed by atoms with Gasteiger partial charge in [-0.05, 0) is 44.0 Å². The molecule has 3 heterocycles. The van der Waals surface area contributed by atoms with Crippen LogP contribution in [-0.4, -0.2) is 45.4 Å². The second-order valence-corrected chi connectivity index (χ2v) is 10.9. The van der Waals surface area contributed by atoms with E-state index in [0.29, 0.717) is 11.3 Å². The summed E-state index contributed by atoms with van der Waals surface area (Å²) in [6.45, 7) is 2.18. The predicted molar refractivity (Wildman–Crippen MR) is 140 cm³/mol. The summed E-state index contributed by atoms with van der Waals surface area (Å²) < 4.78 is 58.6. The van der Waals surface area contributed by atoms with Crippen LogP contribution in [0.4, 0.5) is 23.2 Å². The molecule has 3 aromatic rings. The van der Waals surface area contributed by atoms with Gasteiger partial charge >= 0.3 is 6.18 Å². The molecule has 3 N–H and O–H groups in total. The highest BCUT2D eigenvalue weighted by molar-refractivity contribution is 6.07. The highest BCUT2D eigenvalue weighted by Crippen LogP contribution is 2.47. The Morgan fingerprint density at radius 2 is 1.88 bits per heavy atom. The van der Waals surface area contributed by atoms with Gasteiger partial charge in [0.05, 0.1) is 22.5 Å². The number of carbonyl (C=O) groups excluding carboxylic acids is 3. The van der Waals surface area contributed by atoms with E-state index in [0.717, 1.165) is 16.7 Å². The number of nitrogens with zero attached hydrogens (tertiary/aromatic N) is 2. The molecular weight excluding hydrogens is 528 g/mol. The van der Waals surface area contributed by atoms with Crippen molar-refractivity contribution in [1.29, 1.82) is 0 Å². The second kappa shape index (κ2) is 9.11. The quantitative estimate of drug-likeness (QED) is 0.358. The van der Waals surface area contributed by atoms with Crippen molar-refractivity contribution in [2.24, 2.45) is 5.73 Å². The summed E-state index contributed by atoms with van der Waals surface area (Å²) >= 11 is 0. The van der Waals surface area contributed by atoms with Crippen molar-refractivity contribution in [3.8, 4) is 12.3 Å². The fourth-order valence-corrected chi connectivity index (χ4v) is 5.99. The number of alkyl halides is 4. The molecular formula is C29H26F4N4O3. The lowest BCUT2D eigenvalue weighted by Gasteiger charge is -2.32. The maximum absolute atomic E-state index is 15.3. The topological polar surface area (TPSA) is 97.4 Å². The van der Waals surface area contributed by atoms with Gasteiger partial charge in [-0.2, -0.15) is 13.2 Å². The Bertz CT molecular complexity index is 1600. The van der Waals surface area contributed by atoms with Crippen molar-refractivity contribution in [2.75, 3.05) is 11.9 Å². The molecule has 0 bridgehead atoms. The van der Waals surface area contributed by atoms with Gasteiger partial charge in [-0.3, -0.25) is 14.4 Å². The lowest BCUT2D eigenvalue weighted by molar-refractivity contribution is -0.138. The summed E-state index contributed by atoms with van der Waals surface area (Å²) in [6.07, 6.45) is 0.412. The number of anilines is 1. The van der Waals surface area contributed by atoms with E-state index in [1.807, 2.05) is 0 Å². The van der Waals surface area contributed by atoms with Gasteiger partial charge < -0.3 is 20.5 Å². The fraction of sp³-hybridized carbons (Fsp3) is 0.345. The summed E-state index contributed by atoms with van der Waals surface area (Å²) in [7, 11) is 0. The number of fused-ring (bicyclic) bond motifs is 3. The smallest absolute Gasteiger partial charge is 0.364 e. The molecule has 11 heteroatoms. The summed E-state index contributed by atoms with van der Waals surface area (Å²) in [6, 6.07) is 8.90. The van der Waals surface area contributed by atoms with Crippen molar-refractivity contribution < 1.29 is 31.9 Å². The zero-order valence-electron chi connectivity index (χ0n) is 21.7. The molecule has 0 radical (unpaired) electrons. The minimum absolute atomic E-state index is 0.00794. The first kappa shape index (κ1) is 27.2. The Morgan fingerprint density at radius 3 is 2.50 bits per heavy atom. The van der Waals surface area contributed by atoms with Gasteiger partial charge in [-0.25, -0.2) is 4.39 Å². The number of rotatable bonds is 5. The van der Waals surface area contributed by atoms with Crippen LogP contribution < -0.4 is 11.1 Å². The highest BCUT2D eigenvalue weighted by Gasteiger charge is 2.56. The number of likely N-dealkylation sites (tertiary alicyclic amines) is 1. The van der Waals surface area contributed by atoms with Crippen LogP contribution in [0.3, 0.4) is 0 Å². The number of amides is 3. The Kier molecular flexibility index (Phi) is 6.21. The van der Waals surface area contributed by atoms with E-state index in [4.69, 9.17) is 12.2 Å². The van der Waals surface area contributed by atoms with Crippen LogP contribution in [0.5, 0.6) is 0 Å². The Morgan fingerprint density at radius 1 is 1.18 bits per heavy atom. The number of halogens is 4. The molecule has 1 saturated heterocycles. The number of hydrogen-bond donors (Lipinski definition) is 2. The fourth-order valence-electron chi connectivity index (χ4n) is 5.99.